The third-order valence-corrected chi connectivity index (χ3v) is 6.03. The van der Waals surface area contributed by atoms with Crippen molar-refractivity contribution in [3.63, 3.8) is 0 Å². The number of nitrogen functional groups attached to an aromatic ring is 1. The summed E-state index contributed by atoms with van der Waals surface area (Å²) in [7, 11) is 3.59. The molecular weight excluding hydrogens is 432 g/mol. The number of hydrogen-bond acceptors (Lipinski definition) is 8. The molecular formula is C25H32N6O3. The van der Waals surface area contributed by atoms with E-state index in [0.29, 0.717) is 41.7 Å². The van der Waals surface area contributed by atoms with Gasteiger partial charge >= 0.3 is 6.09 Å². The van der Waals surface area contributed by atoms with Gasteiger partial charge in [0, 0.05) is 43.3 Å². The van der Waals surface area contributed by atoms with Gasteiger partial charge in [0.1, 0.15) is 11.6 Å². The van der Waals surface area contributed by atoms with Crippen LogP contribution in [0.2, 0.25) is 0 Å². The SMILES string of the molecule is COc1cc2nc(C)nc(N[C@H](C)c3cc(C)cc(N)c3)c2cc1OC(=O)N1CCN(C)CC1. The van der Waals surface area contributed by atoms with Crippen LogP contribution in [0.15, 0.2) is 30.3 Å². The molecule has 2 heterocycles. The van der Waals surface area contributed by atoms with Crippen LogP contribution < -0.4 is 20.5 Å². The molecule has 1 saturated heterocycles. The fourth-order valence-electron chi connectivity index (χ4n) is 4.13. The predicted molar refractivity (Wildman–Crippen MR) is 134 cm³/mol. The van der Waals surface area contributed by atoms with Gasteiger partial charge in [-0.2, -0.15) is 0 Å². The van der Waals surface area contributed by atoms with Gasteiger partial charge in [-0.05, 0) is 57.1 Å². The number of benzene rings is 2. The van der Waals surface area contributed by atoms with E-state index in [1.807, 2.05) is 33.0 Å². The highest BCUT2D eigenvalue weighted by molar-refractivity contribution is 5.92. The van der Waals surface area contributed by atoms with Gasteiger partial charge in [0.25, 0.3) is 0 Å². The van der Waals surface area contributed by atoms with Crippen molar-refractivity contribution in [3.05, 3.63) is 47.3 Å². The number of hydrogen-bond donors (Lipinski definition) is 2. The van der Waals surface area contributed by atoms with Crippen molar-refractivity contribution in [3.8, 4) is 11.5 Å². The molecule has 9 nitrogen and oxygen atoms in total. The number of aryl methyl sites for hydroxylation is 2. The zero-order valence-electron chi connectivity index (χ0n) is 20.4. The average Bonchev–Trinajstić information content (AvgIpc) is 2.78. The Labute approximate surface area is 199 Å². The molecule has 1 aliphatic heterocycles. The third kappa shape index (κ3) is 5.14. The molecule has 180 valence electrons. The molecule has 0 saturated carbocycles. The second-order valence-corrected chi connectivity index (χ2v) is 8.84. The Hall–Kier alpha value is -3.59. The molecule has 1 aliphatic rings. The average molecular weight is 465 g/mol. The summed E-state index contributed by atoms with van der Waals surface area (Å²) < 4.78 is 11.3. The molecule has 0 radical (unpaired) electrons. The molecule has 4 rings (SSSR count). The monoisotopic (exact) mass is 464 g/mol. The van der Waals surface area contributed by atoms with Crippen LogP contribution in [0, 0.1) is 13.8 Å². The van der Waals surface area contributed by atoms with Crippen molar-refractivity contribution in [1.82, 2.24) is 19.8 Å². The maximum Gasteiger partial charge on any atom is 0.415 e. The molecule has 1 amide bonds. The summed E-state index contributed by atoms with van der Waals surface area (Å²) in [5.74, 6) is 2.05. The van der Waals surface area contributed by atoms with Crippen molar-refractivity contribution >= 4 is 28.5 Å². The Morgan fingerprint density at radius 1 is 1.06 bits per heavy atom. The van der Waals surface area contributed by atoms with Crippen molar-refractivity contribution in [2.24, 2.45) is 0 Å². The van der Waals surface area contributed by atoms with E-state index in [4.69, 9.17) is 15.2 Å². The zero-order valence-corrected chi connectivity index (χ0v) is 20.4. The van der Waals surface area contributed by atoms with Crippen LogP contribution in [0.5, 0.6) is 11.5 Å². The van der Waals surface area contributed by atoms with Gasteiger partial charge in [-0.25, -0.2) is 14.8 Å². The first-order valence-corrected chi connectivity index (χ1v) is 11.4. The largest absolute Gasteiger partial charge is 0.493 e. The number of carbonyl (C=O) groups excluding carboxylic acids is 1. The zero-order chi connectivity index (χ0) is 24.4. The summed E-state index contributed by atoms with van der Waals surface area (Å²) in [6.45, 7) is 8.78. The van der Waals surface area contributed by atoms with E-state index < -0.39 is 6.09 Å². The summed E-state index contributed by atoms with van der Waals surface area (Å²) in [5, 5.41) is 4.21. The number of nitrogens with zero attached hydrogens (tertiary/aromatic N) is 4. The molecule has 0 spiro atoms. The Morgan fingerprint density at radius 2 is 1.79 bits per heavy atom. The van der Waals surface area contributed by atoms with E-state index in [-0.39, 0.29) is 6.04 Å². The number of rotatable bonds is 5. The lowest BCUT2D eigenvalue weighted by Gasteiger charge is -2.31. The van der Waals surface area contributed by atoms with E-state index in [0.717, 1.165) is 35.3 Å². The van der Waals surface area contributed by atoms with E-state index in [1.165, 1.54) is 0 Å². The summed E-state index contributed by atoms with van der Waals surface area (Å²) >= 11 is 0. The molecule has 2 aromatic carbocycles. The lowest BCUT2D eigenvalue weighted by Crippen LogP contribution is -2.48. The highest BCUT2D eigenvalue weighted by atomic mass is 16.6. The first-order valence-electron chi connectivity index (χ1n) is 11.4. The summed E-state index contributed by atoms with van der Waals surface area (Å²) in [6.07, 6.45) is -0.392. The number of aromatic nitrogens is 2. The molecule has 1 fully saturated rings. The van der Waals surface area contributed by atoms with E-state index in [2.05, 4.69) is 33.2 Å². The van der Waals surface area contributed by atoms with Crippen molar-refractivity contribution in [2.75, 3.05) is 51.4 Å². The minimum absolute atomic E-state index is 0.0573. The van der Waals surface area contributed by atoms with Gasteiger partial charge < -0.3 is 30.3 Å². The van der Waals surface area contributed by atoms with Crippen LogP contribution in [-0.2, 0) is 0 Å². The first kappa shape index (κ1) is 23.6. The summed E-state index contributed by atoms with van der Waals surface area (Å²) in [4.78, 5) is 25.9. The maximum atomic E-state index is 12.8. The molecule has 3 aromatic rings. The normalized spacial score (nSPS) is 15.3. The van der Waals surface area contributed by atoms with E-state index in [1.54, 1.807) is 24.1 Å². The highest BCUT2D eigenvalue weighted by Gasteiger charge is 2.23. The van der Waals surface area contributed by atoms with Crippen LogP contribution in [0.3, 0.4) is 0 Å². The second kappa shape index (κ2) is 9.72. The number of amides is 1. The number of methoxy groups -OCH3 is 1. The van der Waals surface area contributed by atoms with Crippen LogP contribution in [0.4, 0.5) is 16.3 Å². The molecule has 0 unspecified atom stereocenters. The number of anilines is 2. The highest BCUT2D eigenvalue weighted by Crippen LogP contribution is 2.36. The molecule has 0 aliphatic carbocycles. The van der Waals surface area contributed by atoms with Gasteiger partial charge in [-0.3, -0.25) is 0 Å². The van der Waals surface area contributed by atoms with Crippen LogP contribution in [0.25, 0.3) is 10.9 Å². The molecule has 1 aromatic heterocycles. The number of carbonyl (C=O) groups is 1. The number of nitrogens with two attached hydrogens (primary N) is 1. The predicted octanol–water partition coefficient (Wildman–Crippen LogP) is 3.76. The fourth-order valence-corrected chi connectivity index (χ4v) is 4.13. The number of nitrogens with one attached hydrogen (secondary N) is 1. The Morgan fingerprint density at radius 3 is 2.47 bits per heavy atom. The van der Waals surface area contributed by atoms with Gasteiger partial charge in [0.05, 0.1) is 18.7 Å². The maximum absolute atomic E-state index is 12.8. The Bertz CT molecular complexity index is 1190. The minimum Gasteiger partial charge on any atom is -0.493 e. The molecule has 1 atom stereocenters. The smallest absolute Gasteiger partial charge is 0.415 e. The Balaban J connectivity index is 1.66. The lowest BCUT2D eigenvalue weighted by atomic mass is 10.0. The third-order valence-electron chi connectivity index (χ3n) is 6.03. The summed E-state index contributed by atoms with van der Waals surface area (Å²) in [6, 6.07) is 9.47. The van der Waals surface area contributed by atoms with Gasteiger partial charge in [-0.15, -0.1) is 0 Å². The second-order valence-electron chi connectivity index (χ2n) is 8.84. The number of likely N-dealkylation sites (N-methyl/N-ethyl adjacent to an activating group) is 1. The first-order chi connectivity index (χ1) is 16.2. The van der Waals surface area contributed by atoms with Crippen LogP contribution >= 0.6 is 0 Å². The van der Waals surface area contributed by atoms with Crippen molar-refractivity contribution in [2.45, 2.75) is 26.8 Å². The van der Waals surface area contributed by atoms with E-state index >= 15 is 0 Å². The standard InChI is InChI=1S/C25H32N6O3/c1-15-10-18(12-19(26)11-15)16(2)27-24-20-13-23(22(33-5)14-21(20)28-17(3)29-24)34-25(32)31-8-6-30(4)7-9-31/h10-14,16H,6-9,26H2,1-5H3,(H,27,28,29)/t16-/m1/s1. The number of fused-ring (bicyclic) bond motifs is 1. The molecule has 3 N–H and O–H groups in total. The topological polar surface area (TPSA) is 106 Å². The van der Waals surface area contributed by atoms with E-state index in [9.17, 15) is 4.79 Å². The van der Waals surface area contributed by atoms with Crippen molar-refractivity contribution < 1.29 is 14.3 Å². The minimum atomic E-state index is -0.392. The molecule has 34 heavy (non-hydrogen) atoms. The molecule has 0 bridgehead atoms. The lowest BCUT2D eigenvalue weighted by molar-refractivity contribution is 0.119. The van der Waals surface area contributed by atoms with Crippen LogP contribution in [-0.4, -0.2) is 66.2 Å². The quantitative estimate of drug-likeness (QED) is 0.550. The fraction of sp³-hybridized carbons (Fsp3) is 0.400. The van der Waals surface area contributed by atoms with Gasteiger partial charge in [0.15, 0.2) is 11.5 Å². The Kier molecular flexibility index (Phi) is 6.74. The number of piperazine rings is 1. The van der Waals surface area contributed by atoms with Gasteiger partial charge in [-0.1, -0.05) is 6.07 Å². The van der Waals surface area contributed by atoms with Crippen molar-refractivity contribution in [1.29, 1.82) is 0 Å². The van der Waals surface area contributed by atoms with Crippen LogP contribution in [0.1, 0.15) is 29.9 Å². The molecule has 9 heteroatoms. The summed E-state index contributed by atoms with van der Waals surface area (Å²) in [5.41, 5.74) is 9.61. The van der Waals surface area contributed by atoms with Gasteiger partial charge in [0.2, 0.25) is 0 Å². The number of ether oxygens (including phenoxy) is 2.